The summed E-state index contributed by atoms with van der Waals surface area (Å²) >= 11 is 0. The molecule has 20 heavy (non-hydrogen) atoms. The molecule has 4 rings (SSSR count). The molecule has 106 valence electrons. The van der Waals surface area contributed by atoms with E-state index in [9.17, 15) is 0 Å². The third-order valence-corrected chi connectivity index (χ3v) is 5.38. The molecule has 3 unspecified atom stereocenters. The second-order valence-corrected chi connectivity index (χ2v) is 6.62. The lowest BCUT2D eigenvalue weighted by atomic mass is 9.83. The van der Waals surface area contributed by atoms with E-state index in [1.165, 1.54) is 19.4 Å². The average molecular weight is 271 g/mol. The molecule has 0 bridgehead atoms. The first-order valence-corrected chi connectivity index (χ1v) is 7.39. The Morgan fingerprint density at radius 2 is 2.30 bits per heavy atom. The first-order valence-electron chi connectivity index (χ1n) is 7.39. The summed E-state index contributed by atoms with van der Waals surface area (Å²) in [6.07, 6.45) is 6.10. The highest BCUT2D eigenvalue weighted by molar-refractivity contribution is 5.87. The Morgan fingerprint density at radius 3 is 3.15 bits per heavy atom. The fourth-order valence-electron chi connectivity index (χ4n) is 4.09. The number of aromatic nitrogens is 3. The normalized spacial score (nSPS) is 32.7. The van der Waals surface area contributed by atoms with Crippen molar-refractivity contribution < 1.29 is 0 Å². The lowest BCUT2D eigenvalue weighted by molar-refractivity contribution is 0.304. The van der Waals surface area contributed by atoms with Gasteiger partial charge in [-0.2, -0.15) is 0 Å². The van der Waals surface area contributed by atoms with Crippen LogP contribution in [0.15, 0.2) is 18.6 Å². The zero-order chi connectivity index (χ0) is 13.7. The Bertz CT molecular complexity index is 636. The first-order chi connectivity index (χ1) is 9.67. The number of anilines is 1. The molecule has 2 aromatic rings. The third kappa shape index (κ3) is 1.66. The summed E-state index contributed by atoms with van der Waals surface area (Å²) in [4.78, 5) is 14.3. The number of nitrogens with zero attached hydrogens (tertiary/aromatic N) is 3. The molecular weight excluding hydrogens is 250 g/mol. The minimum atomic E-state index is 0.462. The van der Waals surface area contributed by atoms with Crippen molar-refractivity contribution in [2.45, 2.75) is 25.8 Å². The third-order valence-electron chi connectivity index (χ3n) is 5.38. The average Bonchev–Trinajstić information content (AvgIpc) is 3.09. The predicted molar refractivity (Wildman–Crippen MR) is 79.8 cm³/mol. The summed E-state index contributed by atoms with van der Waals surface area (Å²) in [5.41, 5.74) is 1.39. The van der Waals surface area contributed by atoms with Crippen LogP contribution in [0.25, 0.3) is 11.0 Å². The standard InChI is InChI=1S/C15H21N5/c1-15-6-11(5-10(15)7-16-8-15)20(2)14-12-3-4-17-13(12)18-9-19-14/h3-4,9-11,16H,5-8H2,1-2H3,(H,17,18,19). The maximum Gasteiger partial charge on any atom is 0.142 e. The molecule has 2 aromatic heterocycles. The van der Waals surface area contributed by atoms with E-state index in [0.717, 1.165) is 29.3 Å². The maximum atomic E-state index is 4.52. The second-order valence-electron chi connectivity index (χ2n) is 6.62. The molecule has 0 spiro atoms. The van der Waals surface area contributed by atoms with E-state index in [0.29, 0.717) is 11.5 Å². The predicted octanol–water partition coefficient (Wildman–Crippen LogP) is 1.78. The van der Waals surface area contributed by atoms with Gasteiger partial charge >= 0.3 is 0 Å². The van der Waals surface area contributed by atoms with Crippen LogP contribution in [0.1, 0.15) is 19.8 Å². The van der Waals surface area contributed by atoms with E-state index in [1.807, 2.05) is 6.20 Å². The van der Waals surface area contributed by atoms with Crippen molar-refractivity contribution in [2.24, 2.45) is 11.3 Å². The summed E-state index contributed by atoms with van der Waals surface area (Å²) < 4.78 is 0. The Morgan fingerprint density at radius 1 is 1.40 bits per heavy atom. The van der Waals surface area contributed by atoms with Gasteiger partial charge in [0.05, 0.1) is 5.39 Å². The van der Waals surface area contributed by atoms with Crippen molar-refractivity contribution >= 4 is 16.9 Å². The van der Waals surface area contributed by atoms with Gasteiger partial charge in [-0.1, -0.05) is 6.92 Å². The van der Waals surface area contributed by atoms with Crippen LogP contribution in [-0.2, 0) is 0 Å². The van der Waals surface area contributed by atoms with E-state index >= 15 is 0 Å². The molecule has 3 atom stereocenters. The van der Waals surface area contributed by atoms with Crippen molar-refractivity contribution in [2.75, 3.05) is 25.0 Å². The topological polar surface area (TPSA) is 56.8 Å². The smallest absolute Gasteiger partial charge is 0.142 e. The molecule has 2 N–H and O–H groups in total. The fraction of sp³-hybridized carbons (Fsp3) is 0.600. The quantitative estimate of drug-likeness (QED) is 0.874. The van der Waals surface area contributed by atoms with Gasteiger partial charge in [0.25, 0.3) is 0 Å². The van der Waals surface area contributed by atoms with Gasteiger partial charge in [0, 0.05) is 25.8 Å². The molecule has 1 saturated heterocycles. The van der Waals surface area contributed by atoms with Gasteiger partial charge in [-0.15, -0.1) is 0 Å². The van der Waals surface area contributed by atoms with Gasteiger partial charge in [-0.05, 0) is 36.8 Å². The zero-order valence-corrected chi connectivity index (χ0v) is 12.1. The number of nitrogens with one attached hydrogen (secondary N) is 2. The van der Waals surface area contributed by atoms with Gasteiger partial charge in [0.1, 0.15) is 17.8 Å². The summed E-state index contributed by atoms with van der Waals surface area (Å²) in [7, 11) is 2.18. The van der Waals surface area contributed by atoms with E-state index in [-0.39, 0.29) is 0 Å². The van der Waals surface area contributed by atoms with Crippen LogP contribution in [0, 0.1) is 11.3 Å². The van der Waals surface area contributed by atoms with Gasteiger partial charge < -0.3 is 15.2 Å². The van der Waals surface area contributed by atoms with Crippen molar-refractivity contribution in [3.8, 4) is 0 Å². The van der Waals surface area contributed by atoms with Crippen molar-refractivity contribution in [3.05, 3.63) is 18.6 Å². The Hall–Kier alpha value is -1.62. The zero-order valence-electron chi connectivity index (χ0n) is 12.1. The van der Waals surface area contributed by atoms with Crippen LogP contribution in [0.3, 0.4) is 0 Å². The van der Waals surface area contributed by atoms with Gasteiger partial charge in [-0.25, -0.2) is 9.97 Å². The Balaban J connectivity index is 1.65. The van der Waals surface area contributed by atoms with Crippen molar-refractivity contribution in [1.29, 1.82) is 0 Å². The minimum absolute atomic E-state index is 0.462. The Labute approximate surface area is 118 Å². The highest BCUT2D eigenvalue weighted by atomic mass is 15.2. The summed E-state index contributed by atoms with van der Waals surface area (Å²) in [6.45, 7) is 4.76. The lowest BCUT2D eigenvalue weighted by Gasteiger charge is -2.28. The summed E-state index contributed by atoms with van der Waals surface area (Å²) in [6, 6.07) is 2.65. The molecule has 2 fully saturated rings. The van der Waals surface area contributed by atoms with E-state index in [1.54, 1.807) is 6.33 Å². The van der Waals surface area contributed by atoms with Crippen LogP contribution in [0.5, 0.6) is 0 Å². The van der Waals surface area contributed by atoms with E-state index < -0.39 is 0 Å². The SMILES string of the molecule is CN(c1ncnc2[nH]ccc12)C1CC2CNCC2(C)C1. The van der Waals surface area contributed by atoms with Crippen LogP contribution < -0.4 is 10.2 Å². The highest BCUT2D eigenvalue weighted by Gasteiger charge is 2.48. The van der Waals surface area contributed by atoms with Gasteiger partial charge in [-0.3, -0.25) is 0 Å². The lowest BCUT2D eigenvalue weighted by Crippen LogP contribution is -2.33. The number of H-pyrrole nitrogens is 1. The molecule has 0 amide bonds. The van der Waals surface area contributed by atoms with E-state index in [2.05, 4.69) is 45.2 Å². The number of fused-ring (bicyclic) bond motifs is 2. The van der Waals surface area contributed by atoms with E-state index in [4.69, 9.17) is 0 Å². The molecule has 5 nitrogen and oxygen atoms in total. The van der Waals surface area contributed by atoms with Gasteiger partial charge in [0.15, 0.2) is 0 Å². The highest BCUT2D eigenvalue weighted by Crippen LogP contribution is 2.47. The number of hydrogen-bond acceptors (Lipinski definition) is 4. The van der Waals surface area contributed by atoms with Crippen molar-refractivity contribution in [3.63, 3.8) is 0 Å². The largest absolute Gasteiger partial charge is 0.356 e. The molecule has 1 aliphatic heterocycles. The Kier molecular flexibility index (Phi) is 2.54. The van der Waals surface area contributed by atoms with Gasteiger partial charge in [0.2, 0.25) is 0 Å². The van der Waals surface area contributed by atoms with Crippen LogP contribution in [-0.4, -0.2) is 41.1 Å². The molecule has 1 aliphatic carbocycles. The minimum Gasteiger partial charge on any atom is -0.356 e. The monoisotopic (exact) mass is 271 g/mol. The molecule has 0 radical (unpaired) electrons. The first kappa shape index (κ1) is 12.1. The van der Waals surface area contributed by atoms with Crippen LogP contribution in [0.2, 0.25) is 0 Å². The molecular formula is C15H21N5. The maximum absolute atomic E-state index is 4.52. The molecule has 0 aromatic carbocycles. The van der Waals surface area contributed by atoms with Crippen molar-refractivity contribution in [1.82, 2.24) is 20.3 Å². The molecule has 5 heteroatoms. The number of aromatic amines is 1. The molecule has 1 saturated carbocycles. The molecule has 3 heterocycles. The fourth-order valence-corrected chi connectivity index (χ4v) is 4.09. The van der Waals surface area contributed by atoms with Crippen LogP contribution in [0.4, 0.5) is 5.82 Å². The number of hydrogen-bond donors (Lipinski definition) is 2. The second kappa shape index (κ2) is 4.19. The number of rotatable bonds is 2. The summed E-state index contributed by atoms with van der Waals surface area (Å²) in [5, 5.41) is 4.66. The molecule has 2 aliphatic rings. The summed E-state index contributed by atoms with van der Waals surface area (Å²) in [5.74, 6) is 1.86. The van der Waals surface area contributed by atoms with Crippen LogP contribution >= 0.6 is 0 Å².